The van der Waals surface area contributed by atoms with Crippen LogP contribution in [-0.2, 0) is 22.6 Å². The Balaban J connectivity index is 1.55. The van der Waals surface area contributed by atoms with E-state index in [4.69, 9.17) is 9.47 Å². The van der Waals surface area contributed by atoms with Gasteiger partial charge < -0.3 is 19.8 Å². The molecule has 0 unspecified atom stereocenters. The molecule has 0 aliphatic heterocycles. The smallest absolute Gasteiger partial charge is 0.408 e. The second-order valence-electron chi connectivity index (χ2n) is 8.05. The highest BCUT2D eigenvalue weighted by Crippen LogP contribution is 2.12. The fraction of sp³-hybridized carbons (Fsp3) is 0.280. The average molecular weight is 464 g/mol. The second-order valence-corrected chi connectivity index (χ2v) is 8.05. The first-order valence-corrected chi connectivity index (χ1v) is 11.0. The molecule has 34 heavy (non-hydrogen) atoms. The van der Waals surface area contributed by atoms with Gasteiger partial charge in [-0.25, -0.2) is 15.2 Å². The molecule has 9 nitrogen and oxygen atoms in total. The second kappa shape index (κ2) is 12.8. The van der Waals surface area contributed by atoms with E-state index in [1.807, 2.05) is 54.6 Å². The average Bonchev–Trinajstić information content (AvgIpc) is 3.35. The number of hydrogen-bond acceptors (Lipinski definition) is 6. The van der Waals surface area contributed by atoms with Crippen LogP contribution in [0.5, 0.6) is 5.75 Å². The van der Waals surface area contributed by atoms with Crippen molar-refractivity contribution in [3.8, 4) is 5.75 Å². The molecule has 3 rings (SSSR count). The van der Waals surface area contributed by atoms with E-state index in [0.717, 1.165) is 16.9 Å². The van der Waals surface area contributed by atoms with Crippen LogP contribution in [0.1, 0.15) is 30.7 Å². The molecule has 1 heterocycles. The minimum absolute atomic E-state index is 0.0973. The summed E-state index contributed by atoms with van der Waals surface area (Å²) in [6.45, 7) is 4.91. The predicted molar refractivity (Wildman–Crippen MR) is 128 cm³/mol. The molecule has 0 saturated carbocycles. The number of alkyl carbamates (subject to hydrolysis) is 1. The van der Waals surface area contributed by atoms with E-state index < -0.39 is 18.0 Å². The zero-order chi connectivity index (χ0) is 24.2. The van der Waals surface area contributed by atoms with E-state index in [9.17, 15) is 9.59 Å². The highest BCUT2D eigenvalue weighted by molar-refractivity contribution is 5.87. The van der Waals surface area contributed by atoms with E-state index in [0.29, 0.717) is 18.2 Å². The summed E-state index contributed by atoms with van der Waals surface area (Å²) in [6, 6.07) is 15.7. The first kappa shape index (κ1) is 24.5. The number of carbonyl (C=O) groups excluding carboxylic acids is 2. The Morgan fingerprint density at radius 2 is 1.88 bits per heavy atom. The Morgan fingerprint density at radius 3 is 2.56 bits per heavy atom. The maximum atomic E-state index is 12.7. The van der Waals surface area contributed by atoms with Gasteiger partial charge in [-0.2, -0.15) is 5.10 Å². The predicted octanol–water partition coefficient (Wildman–Crippen LogP) is 3.43. The van der Waals surface area contributed by atoms with Crippen molar-refractivity contribution >= 4 is 18.2 Å². The van der Waals surface area contributed by atoms with Gasteiger partial charge in [0.1, 0.15) is 18.4 Å². The van der Waals surface area contributed by atoms with Gasteiger partial charge in [-0.05, 0) is 41.3 Å². The maximum absolute atomic E-state index is 12.7. The van der Waals surface area contributed by atoms with Crippen LogP contribution in [0.15, 0.2) is 72.2 Å². The maximum Gasteiger partial charge on any atom is 0.408 e. The standard InChI is InChI=1S/C25H29N5O4/c1-18(2)15-33-22-10-8-19(9-11-22)13-28-30-24(31)23(12-21-14-26-17-27-21)29-25(32)34-16-20-6-4-3-5-7-20/h3-11,13-14,17-18,23H,12,15-16H2,1-2H3,(H,26,27)(H,29,32)(H,30,31)/b28-13-/t23-/m0/s1. The van der Waals surface area contributed by atoms with E-state index in [-0.39, 0.29) is 13.0 Å². The third-order valence-electron chi connectivity index (χ3n) is 4.65. The van der Waals surface area contributed by atoms with Crippen molar-refractivity contribution in [1.82, 2.24) is 20.7 Å². The SMILES string of the molecule is CC(C)COc1ccc(/C=N\NC(=O)[C@H](Cc2cnc[nH]2)NC(=O)OCc2ccccc2)cc1. The topological polar surface area (TPSA) is 118 Å². The van der Waals surface area contributed by atoms with Crippen LogP contribution < -0.4 is 15.5 Å². The Morgan fingerprint density at radius 1 is 1.12 bits per heavy atom. The van der Waals surface area contributed by atoms with Crippen molar-refractivity contribution in [3.05, 3.63) is 83.9 Å². The monoisotopic (exact) mass is 463 g/mol. The molecule has 1 aromatic heterocycles. The molecule has 0 saturated heterocycles. The lowest BCUT2D eigenvalue weighted by Crippen LogP contribution is -2.47. The van der Waals surface area contributed by atoms with Gasteiger partial charge in [-0.3, -0.25) is 4.79 Å². The number of nitrogens with one attached hydrogen (secondary N) is 3. The third-order valence-corrected chi connectivity index (χ3v) is 4.65. The van der Waals surface area contributed by atoms with Crippen LogP contribution >= 0.6 is 0 Å². The van der Waals surface area contributed by atoms with Gasteiger partial charge in [-0.15, -0.1) is 0 Å². The molecule has 0 spiro atoms. The molecule has 1 atom stereocenters. The van der Waals surface area contributed by atoms with Gasteiger partial charge in [0, 0.05) is 18.3 Å². The van der Waals surface area contributed by atoms with E-state index >= 15 is 0 Å². The van der Waals surface area contributed by atoms with Crippen molar-refractivity contribution in [2.24, 2.45) is 11.0 Å². The van der Waals surface area contributed by atoms with Crippen LogP contribution in [0, 0.1) is 5.92 Å². The van der Waals surface area contributed by atoms with E-state index in [1.165, 1.54) is 12.5 Å². The highest BCUT2D eigenvalue weighted by atomic mass is 16.5. The summed E-state index contributed by atoms with van der Waals surface area (Å²) in [6.07, 6.45) is 4.10. The minimum Gasteiger partial charge on any atom is -0.493 e. The summed E-state index contributed by atoms with van der Waals surface area (Å²) in [5.74, 6) is 0.725. The number of nitrogens with zero attached hydrogens (tertiary/aromatic N) is 2. The molecular formula is C25H29N5O4. The fourth-order valence-electron chi connectivity index (χ4n) is 2.89. The molecule has 0 aliphatic carbocycles. The van der Waals surface area contributed by atoms with Gasteiger partial charge in [0.2, 0.25) is 0 Å². The number of aromatic nitrogens is 2. The number of aromatic amines is 1. The quantitative estimate of drug-likeness (QED) is 0.297. The molecule has 0 aliphatic rings. The summed E-state index contributed by atoms with van der Waals surface area (Å²) < 4.78 is 10.9. The summed E-state index contributed by atoms with van der Waals surface area (Å²) in [5.41, 5.74) is 4.79. The molecule has 0 bridgehead atoms. The molecule has 178 valence electrons. The van der Waals surface area contributed by atoms with Crippen LogP contribution in [0.2, 0.25) is 0 Å². The van der Waals surface area contributed by atoms with Gasteiger partial charge in [0.05, 0.1) is 19.1 Å². The van der Waals surface area contributed by atoms with Gasteiger partial charge in [0.25, 0.3) is 5.91 Å². The Labute approximate surface area is 198 Å². The highest BCUT2D eigenvalue weighted by Gasteiger charge is 2.22. The lowest BCUT2D eigenvalue weighted by Gasteiger charge is -2.16. The first-order valence-electron chi connectivity index (χ1n) is 11.0. The van der Waals surface area contributed by atoms with Crippen LogP contribution in [-0.4, -0.2) is 40.8 Å². The molecule has 3 N–H and O–H groups in total. The summed E-state index contributed by atoms with van der Waals surface area (Å²) in [4.78, 5) is 31.9. The molecule has 2 aromatic carbocycles. The normalized spacial score (nSPS) is 11.9. The zero-order valence-electron chi connectivity index (χ0n) is 19.2. The molecule has 9 heteroatoms. The van der Waals surface area contributed by atoms with E-state index in [2.05, 4.69) is 39.7 Å². The Hall–Kier alpha value is -4.14. The summed E-state index contributed by atoms with van der Waals surface area (Å²) in [5, 5.41) is 6.61. The van der Waals surface area contributed by atoms with Crippen molar-refractivity contribution in [1.29, 1.82) is 0 Å². The number of amides is 2. The molecule has 2 amide bonds. The van der Waals surface area contributed by atoms with Crippen LogP contribution in [0.25, 0.3) is 0 Å². The van der Waals surface area contributed by atoms with Gasteiger partial charge in [0.15, 0.2) is 0 Å². The Bertz CT molecular complexity index is 1050. The van der Waals surface area contributed by atoms with Crippen LogP contribution in [0.4, 0.5) is 4.79 Å². The van der Waals surface area contributed by atoms with Crippen molar-refractivity contribution in [2.45, 2.75) is 32.9 Å². The first-order chi connectivity index (χ1) is 16.5. The number of benzene rings is 2. The summed E-state index contributed by atoms with van der Waals surface area (Å²) in [7, 11) is 0. The van der Waals surface area contributed by atoms with Gasteiger partial charge >= 0.3 is 6.09 Å². The van der Waals surface area contributed by atoms with E-state index in [1.54, 1.807) is 6.20 Å². The lowest BCUT2D eigenvalue weighted by atomic mass is 10.1. The third kappa shape index (κ3) is 8.42. The zero-order valence-corrected chi connectivity index (χ0v) is 19.2. The van der Waals surface area contributed by atoms with Crippen LogP contribution in [0.3, 0.4) is 0 Å². The molecular weight excluding hydrogens is 434 g/mol. The molecule has 0 fully saturated rings. The number of hydrazone groups is 1. The number of H-pyrrole nitrogens is 1. The van der Waals surface area contributed by atoms with Crippen molar-refractivity contribution in [3.63, 3.8) is 0 Å². The number of carbonyl (C=O) groups is 2. The molecule has 0 radical (unpaired) electrons. The summed E-state index contributed by atoms with van der Waals surface area (Å²) >= 11 is 0. The minimum atomic E-state index is -0.910. The fourth-order valence-corrected chi connectivity index (χ4v) is 2.89. The van der Waals surface area contributed by atoms with Gasteiger partial charge in [-0.1, -0.05) is 44.2 Å². The number of imidazole rings is 1. The largest absolute Gasteiger partial charge is 0.493 e. The Kier molecular flexibility index (Phi) is 9.21. The lowest BCUT2D eigenvalue weighted by molar-refractivity contribution is -0.123. The number of rotatable bonds is 11. The van der Waals surface area contributed by atoms with Crippen molar-refractivity contribution < 1.29 is 19.1 Å². The molecule has 3 aromatic rings. The number of ether oxygens (including phenoxy) is 2. The van der Waals surface area contributed by atoms with Crippen molar-refractivity contribution in [2.75, 3.05) is 6.61 Å². The number of hydrogen-bond donors (Lipinski definition) is 3.